The lowest BCUT2D eigenvalue weighted by molar-refractivity contribution is -0.345. The molecule has 0 bridgehead atoms. The number of amides is 1. The molecule has 2 aliphatic heterocycles. The normalized spacial score (nSPS) is 29.5. The van der Waals surface area contributed by atoms with Crippen molar-refractivity contribution < 1.29 is 32.6 Å². The van der Waals surface area contributed by atoms with Gasteiger partial charge >= 0.3 is 0 Å². The summed E-state index contributed by atoms with van der Waals surface area (Å²) in [5, 5.41) is -0.0178. The van der Waals surface area contributed by atoms with E-state index in [1.165, 1.54) is 0 Å². The number of carbonyl (C=O) groups is 1. The summed E-state index contributed by atoms with van der Waals surface area (Å²) < 4.78 is 40.3. The third kappa shape index (κ3) is 9.64. The highest BCUT2D eigenvalue weighted by molar-refractivity contribution is 6.74. The predicted octanol–water partition coefficient (Wildman–Crippen LogP) is 8.07. The van der Waals surface area contributed by atoms with Crippen LogP contribution >= 0.6 is 0 Å². The van der Waals surface area contributed by atoms with Crippen LogP contribution in [0.3, 0.4) is 0 Å². The van der Waals surface area contributed by atoms with E-state index >= 15 is 0 Å². The van der Waals surface area contributed by atoms with Crippen molar-refractivity contribution in [3.05, 3.63) is 0 Å². The first-order valence-corrected chi connectivity index (χ1v) is 23.0. The summed E-state index contributed by atoms with van der Waals surface area (Å²) in [7, 11) is -0.881. The molecule has 9 atom stereocenters. The average molecular weight is 674 g/mol. The highest BCUT2D eigenvalue weighted by Crippen LogP contribution is 2.46. The number of hydrogen-bond acceptors (Lipinski definition) is 7. The monoisotopic (exact) mass is 673 g/mol. The number of hydrogen-bond donors (Lipinski definition) is 0. The topological polar surface area (TPSA) is 75.7 Å². The second kappa shape index (κ2) is 13.9. The van der Waals surface area contributed by atoms with Crippen LogP contribution in [0.1, 0.15) is 96.9 Å². The molecule has 2 aliphatic rings. The van der Waals surface area contributed by atoms with E-state index in [2.05, 4.69) is 88.5 Å². The van der Waals surface area contributed by atoms with Gasteiger partial charge in [-0.2, -0.15) is 0 Å². The maximum Gasteiger partial charge on any atom is 0.227 e. The van der Waals surface area contributed by atoms with Gasteiger partial charge in [-0.05, 0) is 64.0 Å². The molecule has 0 radical (unpaired) electrons. The Morgan fingerprint density at radius 2 is 1.27 bits per heavy atom. The summed E-state index contributed by atoms with van der Waals surface area (Å²) >= 11 is 0. The van der Waals surface area contributed by atoms with E-state index < -0.39 is 28.2 Å². The molecule has 266 valence electrons. The Hall–Kier alpha value is -0.336. The average Bonchev–Trinajstić information content (AvgIpc) is 3.23. The van der Waals surface area contributed by atoms with Gasteiger partial charge in [0.25, 0.3) is 0 Å². The standard InChI is InChI=1S/C35H71NO7Si2/c1-22(27-23(2)30(41-35(13,14)40-27)26-21-38-34(11,12)39-26)28(42-44(17,18)32(5,6)7)24(3)29(25(4)31(37)36(15)16)43-45(19,20)33(8,9)10/h22-30H,21H2,1-20H3/t22-,23-,24+,25-,26+,27+,28+,29-,30-/m0/s1. The van der Waals surface area contributed by atoms with Gasteiger partial charge in [0, 0.05) is 31.8 Å². The largest absolute Gasteiger partial charge is 0.413 e. The van der Waals surface area contributed by atoms with Crippen LogP contribution in [0, 0.1) is 23.7 Å². The molecule has 45 heavy (non-hydrogen) atoms. The fourth-order valence-electron chi connectivity index (χ4n) is 6.28. The highest BCUT2D eigenvalue weighted by Gasteiger charge is 2.54. The molecule has 0 aromatic carbocycles. The highest BCUT2D eigenvalue weighted by atomic mass is 28.4. The van der Waals surface area contributed by atoms with Gasteiger partial charge in [0.15, 0.2) is 28.2 Å². The molecule has 2 heterocycles. The summed E-state index contributed by atoms with van der Waals surface area (Å²) in [5.74, 6) is -1.85. The zero-order chi connectivity index (χ0) is 35.3. The molecule has 8 nitrogen and oxygen atoms in total. The molecule has 0 saturated carbocycles. The zero-order valence-electron chi connectivity index (χ0n) is 32.7. The van der Waals surface area contributed by atoms with Crippen LogP contribution in [-0.4, -0.2) is 90.2 Å². The van der Waals surface area contributed by atoms with E-state index in [0.717, 1.165) is 0 Å². The Morgan fingerprint density at radius 1 is 0.800 bits per heavy atom. The SMILES string of the molecule is C[C@H]([C@@H](O[Si](C)(C)C(C)(C)C)[C@@H](C)[C@H](O[Si](C)(C)C(C)(C)C)[C@H](C)C(=O)N(C)C)[C@H]1OC(C)(C)O[C@H]([C@H]2COC(C)(C)O2)[C@H]1C. The number of carbonyl (C=O) groups excluding carboxylic acids is 1. The van der Waals surface area contributed by atoms with Crippen molar-refractivity contribution in [1.82, 2.24) is 4.90 Å². The van der Waals surface area contributed by atoms with E-state index in [0.29, 0.717) is 6.61 Å². The van der Waals surface area contributed by atoms with Gasteiger partial charge in [0.1, 0.15) is 6.10 Å². The molecule has 2 rings (SSSR count). The zero-order valence-corrected chi connectivity index (χ0v) is 34.7. The Balaban J connectivity index is 2.65. The van der Waals surface area contributed by atoms with Crippen molar-refractivity contribution in [2.75, 3.05) is 20.7 Å². The Labute approximate surface area is 279 Å². The summed E-state index contributed by atoms with van der Waals surface area (Å²) in [6.45, 7) is 39.8. The lowest BCUT2D eigenvalue weighted by Crippen LogP contribution is -2.60. The van der Waals surface area contributed by atoms with Crippen molar-refractivity contribution >= 4 is 22.5 Å². The molecule has 0 aromatic heterocycles. The Morgan fingerprint density at radius 3 is 1.67 bits per heavy atom. The molecule has 10 heteroatoms. The van der Waals surface area contributed by atoms with Crippen molar-refractivity contribution in [3.63, 3.8) is 0 Å². The smallest absolute Gasteiger partial charge is 0.227 e. The molecule has 2 saturated heterocycles. The van der Waals surface area contributed by atoms with Gasteiger partial charge in [-0.25, -0.2) is 0 Å². The third-order valence-electron chi connectivity index (χ3n) is 11.1. The van der Waals surface area contributed by atoms with E-state index in [1.54, 1.807) is 4.90 Å². The van der Waals surface area contributed by atoms with Gasteiger partial charge in [0.2, 0.25) is 5.91 Å². The maximum absolute atomic E-state index is 13.6. The fourth-order valence-corrected chi connectivity index (χ4v) is 9.19. The van der Waals surface area contributed by atoms with Crippen molar-refractivity contribution in [2.45, 2.75) is 175 Å². The molecule has 0 spiro atoms. The van der Waals surface area contributed by atoms with Gasteiger partial charge < -0.3 is 32.7 Å². The number of ether oxygens (including phenoxy) is 4. The minimum Gasteiger partial charge on any atom is -0.413 e. The Kier molecular flexibility index (Phi) is 12.6. The van der Waals surface area contributed by atoms with E-state index in [1.807, 2.05) is 48.7 Å². The molecule has 1 amide bonds. The van der Waals surface area contributed by atoms with Crippen molar-refractivity contribution in [2.24, 2.45) is 23.7 Å². The van der Waals surface area contributed by atoms with Crippen LogP contribution in [0.15, 0.2) is 0 Å². The van der Waals surface area contributed by atoms with Crippen LogP contribution in [0.2, 0.25) is 36.3 Å². The molecule has 0 N–H and O–H groups in total. The van der Waals surface area contributed by atoms with Crippen LogP contribution < -0.4 is 0 Å². The quantitative estimate of drug-likeness (QED) is 0.205. The van der Waals surface area contributed by atoms with Crippen molar-refractivity contribution in [3.8, 4) is 0 Å². The minimum atomic E-state index is -2.27. The van der Waals surface area contributed by atoms with E-state index in [-0.39, 0.29) is 70.2 Å². The summed E-state index contributed by atoms with van der Waals surface area (Å²) in [6, 6.07) is 0. The second-order valence-electron chi connectivity index (χ2n) is 18.2. The number of nitrogens with zero attached hydrogens (tertiary/aromatic N) is 1. The lowest BCUT2D eigenvalue weighted by atomic mass is 9.77. The van der Waals surface area contributed by atoms with Crippen LogP contribution in [0.25, 0.3) is 0 Å². The van der Waals surface area contributed by atoms with Crippen LogP contribution in [-0.2, 0) is 32.6 Å². The van der Waals surface area contributed by atoms with E-state index in [9.17, 15) is 4.79 Å². The van der Waals surface area contributed by atoms with Gasteiger partial charge in [-0.15, -0.1) is 0 Å². The molecule has 0 aliphatic carbocycles. The fraction of sp³-hybridized carbons (Fsp3) is 0.971. The maximum atomic E-state index is 13.6. The summed E-state index contributed by atoms with van der Waals surface area (Å²) in [6.07, 6.45) is -1.14. The molecular weight excluding hydrogens is 603 g/mol. The minimum absolute atomic E-state index is 0.00386. The van der Waals surface area contributed by atoms with Gasteiger partial charge in [-0.1, -0.05) is 69.2 Å². The summed E-state index contributed by atoms with van der Waals surface area (Å²) in [4.78, 5) is 15.3. The molecule has 0 unspecified atom stereocenters. The third-order valence-corrected chi connectivity index (χ3v) is 20.1. The summed E-state index contributed by atoms with van der Waals surface area (Å²) in [5.41, 5.74) is 0. The lowest BCUT2D eigenvalue weighted by Gasteiger charge is -2.52. The van der Waals surface area contributed by atoms with Gasteiger partial charge in [-0.3, -0.25) is 4.79 Å². The first kappa shape index (κ1) is 40.8. The first-order valence-electron chi connectivity index (χ1n) is 17.2. The Bertz CT molecular complexity index is 1000. The van der Waals surface area contributed by atoms with Gasteiger partial charge in [0.05, 0.1) is 36.9 Å². The second-order valence-corrected chi connectivity index (χ2v) is 27.7. The molecular formula is C35H71NO7Si2. The molecule has 2 fully saturated rings. The first-order chi connectivity index (χ1) is 19.9. The molecule has 0 aromatic rings. The van der Waals surface area contributed by atoms with Crippen LogP contribution in [0.5, 0.6) is 0 Å². The van der Waals surface area contributed by atoms with Crippen molar-refractivity contribution in [1.29, 1.82) is 0 Å². The van der Waals surface area contributed by atoms with Crippen LogP contribution in [0.4, 0.5) is 0 Å². The predicted molar refractivity (Wildman–Crippen MR) is 188 cm³/mol. The number of rotatable bonds is 11. The van der Waals surface area contributed by atoms with E-state index in [4.69, 9.17) is 27.8 Å².